The summed E-state index contributed by atoms with van der Waals surface area (Å²) in [5, 5.41) is 3.46. The van der Waals surface area contributed by atoms with Gasteiger partial charge in [-0.1, -0.05) is 12.1 Å². The van der Waals surface area contributed by atoms with Crippen molar-refractivity contribution in [1.82, 2.24) is 10.2 Å². The lowest BCUT2D eigenvalue weighted by atomic mass is 10.00. The summed E-state index contributed by atoms with van der Waals surface area (Å²) in [5.74, 6) is 0.949. The van der Waals surface area contributed by atoms with Crippen LogP contribution in [-0.2, 0) is 0 Å². The first-order chi connectivity index (χ1) is 9.92. The number of likely N-dealkylation sites (tertiary alicyclic amines) is 1. The van der Waals surface area contributed by atoms with Crippen LogP contribution >= 0.6 is 0 Å². The van der Waals surface area contributed by atoms with Gasteiger partial charge in [-0.05, 0) is 71.8 Å². The van der Waals surface area contributed by atoms with Gasteiger partial charge in [-0.3, -0.25) is 4.90 Å². The van der Waals surface area contributed by atoms with E-state index in [4.69, 9.17) is 4.74 Å². The van der Waals surface area contributed by atoms with E-state index in [9.17, 15) is 0 Å². The van der Waals surface area contributed by atoms with E-state index in [1.165, 1.54) is 24.9 Å². The summed E-state index contributed by atoms with van der Waals surface area (Å²) in [5.41, 5.74) is 1.66. The van der Waals surface area contributed by atoms with Crippen LogP contribution in [0.1, 0.15) is 52.1 Å². The Morgan fingerprint density at radius 1 is 1.24 bits per heavy atom. The lowest BCUT2D eigenvalue weighted by Crippen LogP contribution is -2.42. The van der Waals surface area contributed by atoms with Crippen LogP contribution in [0.2, 0.25) is 0 Å². The molecule has 0 radical (unpaired) electrons. The number of hydrogen-bond acceptors (Lipinski definition) is 3. The Kier molecular flexibility index (Phi) is 5.28. The van der Waals surface area contributed by atoms with Gasteiger partial charge in [0.1, 0.15) is 5.75 Å². The first-order valence-corrected chi connectivity index (χ1v) is 8.11. The minimum atomic E-state index is 0.223. The minimum absolute atomic E-state index is 0.223. The molecule has 1 saturated heterocycles. The Morgan fingerprint density at radius 2 is 1.90 bits per heavy atom. The van der Waals surface area contributed by atoms with Crippen LogP contribution in [0.5, 0.6) is 5.75 Å². The standard InChI is InChI=1S/C18H30N2O/c1-14(2)21-16-9-7-15(8-10-16)17(19-5)13-20-12-6-11-18(20,3)4/h7-10,14,17,19H,6,11-13H2,1-5H3. The van der Waals surface area contributed by atoms with Crippen molar-refractivity contribution in [3.05, 3.63) is 29.8 Å². The summed E-state index contributed by atoms with van der Waals surface area (Å²) in [6.45, 7) is 11.1. The van der Waals surface area contributed by atoms with Crippen LogP contribution in [0.4, 0.5) is 0 Å². The number of likely N-dealkylation sites (N-methyl/N-ethyl adjacent to an activating group) is 1. The van der Waals surface area contributed by atoms with E-state index in [1.54, 1.807) is 0 Å². The highest BCUT2D eigenvalue weighted by atomic mass is 16.5. The van der Waals surface area contributed by atoms with Crippen molar-refractivity contribution in [1.29, 1.82) is 0 Å². The third kappa shape index (κ3) is 4.21. The third-order valence-corrected chi connectivity index (χ3v) is 4.48. The molecular weight excluding hydrogens is 260 g/mol. The summed E-state index contributed by atoms with van der Waals surface area (Å²) < 4.78 is 5.72. The molecule has 2 rings (SSSR count). The highest BCUT2D eigenvalue weighted by Crippen LogP contribution is 2.30. The van der Waals surface area contributed by atoms with Crippen molar-refractivity contribution in [3.63, 3.8) is 0 Å². The maximum absolute atomic E-state index is 5.72. The van der Waals surface area contributed by atoms with Gasteiger partial charge in [0.15, 0.2) is 0 Å². The zero-order valence-electron chi connectivity index (χ0n) is 14.1. The van der Waals surface area contributed by atoms with Gasteiger partial charge in [-0.25, -0.2) is 0 Å². The van der Waals surface area contributed by atoms with E-state index in [0.717, 1.165) is 12.3 Å². The Bertz CT molecular complexity index is 439. The smallest absolute Gasteiger partial charge is 0.119 e. The molecule has 0 saturated carbocycles. The molecule has 0 bridgehead atoms. The Balaban J connectivity index is 2.03. The number of rotatable bonds is 6. The first kappa shape index (κ1) is 16.3. The molecule has 3 nitrogen and oxygen atoms in total. The SMILES string of the molecule is CNC(CN1CCCC1(C)C)c1ccc(OC(C)C)cc1. The molecule has 118 valence electrons. The van der Waals surface area contributed by atoms with E-state index < -0.39 is 0 Å². The van der Waals surface area contributed by atoms with Gasteiger partial charge < -0.3 is 10.1 Å². The average molecular weight is 290 g/mol. The lowest BCUT2D eigenvalue weighted by Gasteiger charge is -2.34. The highest BCUT2D eigenvalue weighted by Gasteiger charge is 2.33. The van der Waals surface area contributed by atoms with Gasteiger partial charge in [0.2, 0.25) is 0 Å². The summed E-state index contributed by atoms with van der Waals surface area (Å²) in [4.78, 5) is 2.60. The second-order valence-corrected chi connectivity index (χ2v) is 6.94. The zero-order valence-corrected chi connectivity index (χ0v) is 14.1. The monoisotopic (exact) mass is 290 g/mol. The molecule has 0 aliphatic carbocycles. The molecular formula is C18H30N2O. The fourth-order valence-electron chi connectivity index (χ4n) is 3.14. The van der Waals surface area contributed by atoms with E-state index in [0.29, 0.717) is 11.6 Å². The predicted octanol–water partition coefficient (Wildman–Crippen LogP) is 3.61. The van der Waals surface area contributed by atoms with Crippen LogP contribution < -0.4 is 10.1 Å². The van der Waals surface area contributed by atoms with Gasteiger partial charge >= 0.3 is 0 Å². The van der Waals surface area contributed by atoms with Gasteiger partial charge in [-0.2, -0.15) is 0 Å². The molecule has 0 aromatic heterocycles. The molecule has 1 aliphatic heterocycles. The lowest BCUT2D eigenvalue weighted by molar-refractivity contribution is 0.158. The minimum Gasteiger partial charge on any atom is -0.491 e. The number of nitrogens with zero attached hydrogens (tertiary/aromatic N) is 1. The molecule has 1 unspecified atom stereocenters. The van der Waals surface area contributed by atoms with Crippen LogP contribution in [0.3, 0.4) is 0 Å². The highest BCUT2D eigenvalue weighted by molar-refractivity contribution is 5.29. The van der Waals surface area contributed by atoms with E-state index in [-0.39, 0.29) is 6.10 Å². The van der Waals surface area contributed by atoms with Crippen LogP contribution in [0, 0.1) is 0 Å². The fourth-order valence-corrected chi connectivity index (χ4v) is 3.14. The molecule has 1 heterocycles. The Labute approximate surface area is 129 Å². The summed E-state index contributed by atoms with van der Waals surface area (Å²) in [7, 11) is 2.05. The van der Waals surface area contributed by atoms with Gasteiger partial charge in [0.25, 0.3) is 0 Å². The van der Waals surface area contributed by atoms with Crippen molar-refractivity contribution in [2.24, 2.45) is 0 Å². The normalized spacial score (nSPS) is 19.9. The summed E-state index contributed by atoms with van der Waals surface area (Å²) >= 11 is 0. The largest absolute Gasteiger partial charge is 0.491 e. The van der Waals surface area contributed by atoms with Crippen molar-refractivity contribution >= 4 is 0 Å². The Hall–Kier alpha value is -1.06. The van der Waals surface area contributed by atoms with Crippen molar-refractivity contribution in [3.8, 4) is 5.75 Å². The quantitative estimate of drug-likeness (QED) is 0.866. The van der Waals surface area contributed by atoms with E-state index in [1.807, 2.05) is 7.05 Å². The zero-order chi connectivity index (χ0) is 15.5. The molecule has 3 heteroatoms. The maximum Gasteiger partial charge on any atom is 0.119 e. The second kappa shape index (κ2) is 6.80. The topological polar surface area (TPSA) is 24.5 Å². The fraction of sp³-hybridized carbons (Fsp3) is 0.667. The number of nitrogens with one attached hydrogen (secondary N) is 1. The van der Waals surface area contributed by atoms with Crippen molar-refractivity contribution < 1.29 is 4.74 Å². The molecule has 0 amide bonds. The molecule has 21 heavy (non-hydrogen) atoms. The number of hydrogen-bond donors (Lipinski definition) is 1. The van der Waals surface area contributed by atoms with Crippen LogP contribution in [0.25, 0.3) is 0 Å². The molecule has 0 spiro atoms. The third-order valence-electron chi connectivity index (χ3n) is 4.48. The molecule has 1 aliphatic rings. The number of ether oxygens (including phenoxy) is 1. The van der Waals surface area contributed by atoms with Crippen molar-refractivity contribution in [2.45, 2.75) is 58.2 Å². The first-order valence-electron chi connectivity index (χ1n) is 8.11. The van der Waals surface area contributed by atoms with Gasteiger partial charge in [0.05, 0.1) is 6.10 Å². The molecule has 1 atom stereocenters. The molecule has 1 aromatic rings. The van der Waals surface area contributed by atoms with Crippen LogP contribution in [0.15, 0.2) is 24.3 Å². The van der Waals surface area contributed by atoms with Crippen LogP contribution in [-0.4, -0.2) is 36.7 Å². The Morgan fingerprint density at radius 3 is 2.38 bits per heavy atom. The summed E-state index contributed by atoms with van der Waals surface area (Å²) in [6, 6.07) is 8.89. The van der Waals surface area contributed by atoms with E-state index >= 15 is 0 Å². The maximum atomic E-state index is 5.72. The van der Waals surface area contributed by atoms with Crippen molar-refractivity contribution in [2.75, 3.05) is 20.1 Å². The summed E-state index contributed by atoms with van der Waals surface area (Å²) in [6.07, 6.45) is 2.83. The number of benzene rings is 1. The van der Waals surface area contributed by atoms with E-state index in [2.05, 4.69) is 62.2 Å². The molecule has 1 fully saturated rings. The van der Waals surface area contributed by atoms with Gasteiger partial charge in [0, 0.05) is 18.1 Å². The molecule has 1 N–H and O–H groups in total. The second-order valence-electron chi connectivity index (χ2n) is 6.94. The van der Waals surface area contributed by atoms with Gasteiger partial charge in [-0.15, -0.1) is 0 Å². The molecule has 1 aromatic carbocycles. The predicted molar refractivity (Wildman–Crippen MR) is 88.9 cm³/mol. The average Bonchev–Trinajstić information content (AvgIpc) is 2.75.